The lowest BCUT2D eigenvalue weighted by atomic mass is 10.1. The summed E-state index contributed by atoms with van der Waals surface area (Å²) in [5.41, 5.74) is 6.25. The Labute approximate surface area is 239 Å². The van der Waals surface area contributed by atoms with E-state index in [0.29, 0.717) is 17.6 Å². The van der Waals surface area contributed by atoms with Crippen molar-refractivity contribution in [1.82, 2.24) is 24.5 Å². The first-order valence-electron chi connectivity index (χ1n) is 13.8. The number of hydrogen-bond donors (Lipinski definition) is 0. The Morgan fingerprint density at radius 3 is 2.00 bits per heavy atom. The lowest BCUT2D eigenvalue weighted by Crippen LogP contribution is -2.06. The number of rotatable bonds is 3. The van der Waals surface area contributed by atoms with Crippen molar-refractivity contribution in [3.8, 4) is 28.7 Å². The average molecular weight is 540 g/mol. The Morgan fingerprint density at radius 2 is 1.24 bits per heavy atom. The van der Waals surface area contributed by atoms with Gasteiger partial charge in [0.2, 0.25) is 5.95 Å². The smallest absolute Gasteiger partial charge is 0.238 e. The number of benzene rings is 5. The topological polar surface area (TPSA) is 69.6 Å². The van der Waals surface area contributed by atoms with Crippen molar-refractivity contribution >= 4 is 54.6 Å². The maximum atomic E-state index is 6.66. The zero-order valence-corrected chi connectivity index (χ0v) is 22.3. The second-order valence-corrected chi connectivity index (χ2v) is 10.3. The second-order valence-electron chi connectivity index (χ2n) is 10.3. The minimum absolute atomic E-state index is 0.532. The fourth-order valence-electron chi connectivity index (χ4n) is 6.01. The lowest BCUT2D eigenvalue weighted by Gasteiger charge is -2.11. The number of fused-ring (bicyclic) bond motifs is 9. The number of furan rings is 1. The summed E-state index contributed by atoms with van der Waals surface area (Å²) < 4.78 is 8.78. The average Bonchev–Trinajstić information content (AvgIpc) is 3.62. The van der Waals surface area contributed by atoms with Crippen molar-refractivity contribution in [2.24, 2.45) is 0 Å². The molecule has 6 nitrogen and oxygen atoms in total. The van der Waals surface area contributed by atoms with Crippen LogP contribution in [-0.4, -0.2) is 24.5 Å². The molecule has 0 bridgehead atoms. The Hall–Kier alpha value is -5.88. The highest BCUT2D eigenvalue weighted by Crippen LogP contribution is 2.41. The highest BCUT2D eigenvalue weighted by Gasteiger charge is 2.22. The first-order chi connectivity index (χ1) is 20.8. The lowest BCUT2D eigenvalue weighted by molar-refractivity contribution is 0.671. The van der Waals surface area contributed by atoms with Crippen LogP contribution < -0.4 is 0 Å². The molecule has 0 saturated heterocycles. The van der Waals surface area contributed by atoms with Gasteiger partial charge in [0.05, 0.1) is 16.4 Å². The molecule has 4 aromatic heterocycles. The van der Waals surface area contributed by atoms with Crippen LogP contribution in [0.2, 0.25) is 0 Å². The van der Waals surface area contributed by atoms with Gasteiger partial charge in [-0.2, -0.15) is 9.97 Å². The molecule has 0 atom stereocenters. The molecule has 196 valence electrons. The molecule has 42 heavy (non-hydrogen) atoms. The summed E-state index contributed by atoms with van der Waals surface area (Å²) in [5.74, 6) is 1.75. The summed E-state index contributed by atoms with van der Waals surface area (Å²) in [6.07, 6.45) is 1.83. The Balaban J connectivity index is 1.44. The molecule has 4 heterocycles. The minimum Gasteiger partial charge on any atom is -0.454 e. The summed E-state index contributed by atoms with van der Waals surface area (Å²) in [7, 11) is 0. The van der Waals surface area contributed by atoms with Gasteiger partial charge in [-0.15, -0.1) is 0 Å². The number of para-hydroxylation sites is 1. The summed E-state index contributed by atoms with van der Waals surface area (Å²) in [6, 6.07) is 40.9. The van der Waals surface area contributed by atoms with Crippen LogP contribution in [-0.2, 0) is 0 Å². The summed E-state index contributed by atoms with van der Waals surface area (Å²) in [4.78, 5) is 19.8. The van der Waals surface area contributed by atoms with Gasteiger partial charge in [0.1, 0.15) is 11.1 Å². The van der Waals surface area contributed by atoms with E-state index in [9.17, 15) is 0 Å². The van der Waals surface area contributed by atoms with Crippen LogP contribution in [0.4, 0.5) is 0 Å². The van der Waals surface area contributed by atoms with E-state index in [1.165, 1.54) is 0 Å². The quantitative estimate of drug-likeness (QED) is 0.224. The predicted octanol–water partition coefficient (Wildman–Crippen LogP) is 8.75. The number of nitrogens with zero attached hydrogens (tertiary/aromatic N) is 5. The highest BCUT2D eigenvalue weighted by atomic mass is 16.3. The molecule has 0 aliphatic heterocycles. The van der Waals surface area contributed by atoms with E-state index >= 15 is 0 Å². The van der Waals surface area contributed by atoms with Gasteiger partial charge in [-0.05, 0) is 30.3 Å². The fraction of sp³-hybridized carbons (Fsp3) is 0. The molecule has 0 saturated carbocycles. The van der Waals surface area contributed by atoms with Crippen LogP contribution in [0, 0.1) is 0 Å². The molecule has 0 radical (unpaired) electrons. The van der Waals surface area contributed by atoms with Crippen LogP contribution in [0.15, 0.2) is 132 Å². The SMILES string of the molecule is c1ccc(-c2nc(-c3ccccc3)nc(-n3c4ccccc4c4ccc5c(oc6ccc7cccnc7c65)c43)n2)cc1. The van der Waals surface area contributed by atoms with Gasteiger partial charge >= 0.3 is 0 Å². The molecule has 0 aliphatic rings. The van der Waals surface area contributed by atoms with E-state index in [4.69, 9.17) is 24.4 Å². The van der Waals surface area contributed by atoms with E-state index in [0.717, 1.165) is 65.8 Å². The van der Waals surface area contributed by atoms with Gasteiger partial charge in [0.25, 0.3) is 0 Å². The Kier molecular flexibility index (Phi) is 4.80. The standard InChI is InChI=1S/C36H21N5O/c1-3-10-23(11-4-1)34-38-35(24-12-5-2-6-13-24)40-36(39-34)41-28-16-8-7-15-25(28)26-18-19-27-30-29(42-33(27)32(26)41)20-17-22-14-9-21-37-31(22)30/h1-21H. The van der Waals surface area contributed by atoms with Gasteiger partial charge in [0, 0.05) is 38.9 Å². The number of aromatic nitrogens is 5. The molecule has 0 N–H and O–H groups in total. The minimum atomic E-state index is 0.532. The highest BCUT2D eigenvalue weighted by molar-refractivity contribution is 6.25. The molecular formula is C36H21N5O. The molecule has 5 aromatic carbocycles. The van der Waals surface area contributed by atoms with Crippen molar-refractivity contribution in [3.05, 3.63) is 128 Å². The Bertz CT molecular complexity index is 2400. The molecule has 0 aliphatic carbocycles. The molecule has 0 unspecified atom stereocenters. The molecule has 9 aromatic rings. The van der Waals surface area contributed by atoms with Gasteiger partial charge in [0.15, 0.2) is 17.2 Å². The molecule has 0 fully saturated rings. The van der Waals surface area contributed by atoms with Crippen molar-refractivity contribution in [2.75, 3.05) is 0 Å². The third-order valence-electron chi connectivity index (χ3n) is 7.90. The largest absolute Gasteiger partial charge is 0.454 e. The molecule has 0 amide bonds. The molecule has 9 rings (SSSR count). The van der Waals surface area contributed by atoms with Gasteiger partial charge in [-0.25, -0.2) is 4.98 Å². The monoisotopic (exact) mass is 539 g/mol. The van der Waals surface area contributed by atoms with E-state index in [-0.39, 0.29) is 0 Å². The van der Waals surface area contributed by atoms with Crippen LogP contribution in [0.5, 0.6) is 0 Å². The molecule has 0 spiro atoms. The van der Waals surface area contributed by atoms with Gasteiger partial charge in [-0.1, -0.05) is 91.0 Å². The van der Waals surface area contributed by atoms with Crippen molar-refractivity contribution < 1.29 is 4.42 Å². The third kappa shape index (κ3) is 3.32. The third-order valence-corrected chi connectivity index (χ3v) is 7.90. The number of hydrogen-bond acceptors (Lipinski definition) is 5. The van der Waals surface area contributed by atoms with E-state index < -0.39 is 0 Å². The van der Waals surface area contributed by atoms with E-state index in [1.807, 2.05) is 85.1 Å². The predicted molar refractivity (Wildman–Crippen MR) is 168 cm³/mol. The summed E-state index contributed by atoms with van der Waals surface area (Å²) in [6.45, 7) is 0. The van der Waals surface area contributed by atoms with Crippen LogP contribution in [0.1, 0.15) is 0 Å². The molecule has 6 heteroatoms. The zero-order chi connectivity index (χ0) is 27.6. The zero-order valence-electron chi connectivity index (χ0n) is 22.3. The summed E-state index contributed by atoms with van der Waals surface area (Å²) >= 11 is 0. The van der Waals surface area contributed by atoms with E-state index in [1.54, 1.807) is 0 Å². The molecular weight excluding hydrogens is 518 g/mol. The first kappa shape index (κ1) is 22.9. The van der Waals surface area contributed by atoms with Crippen molar-refractivity contribution in [2.45, 2.75) is 0 Å². The van der Waals surface area contributed by atoms with Gasteiger partial charge < -0.3 is 4.42 Å². The van der Waals surface area contributed by atoms with Crippen LogP contribution in [0.3, 0.4) is 0 Å². The van der Waals surface area contributed by atoms with Crippen LogP contribution >= 0.6 is 0 Å². The normalized spacial score (nSPS) is 11.8. The van der Waals surface area contributed by atoms with Crippen molar-refractivity contribution in [3.63, 3.8) is 0 Å². The maximum absolute atomic E-state index is 6.66. The van der Waals surface area contributed by atoms with Crippen molar-refractivity contribution in [1.29, 1.82) is 0 Å². The van der Waals surface area contributed by atoms with Crippen LogP contribution in [0.25, 0.3) is 83.4 Å². The fourth-order valence-corrected chi connectivity index (χ4v) is 6.01. The summed E-state index contributed by atoms with van der Waals surface area (Å²) in [5, 5.41) is 5.25. The number of pyridine rings is 1. The van der Waals surface area contributed by atoms with Gasteiger partial charge in [-0.3, -0.25) is 9.55 Å². The Morgan fingerprint density at radius 1 is 0.548 bits per heavy atom. The maximum Gasteiger partial charge on any atom is 0.238 e. The van der Waals surface area contributed by atoms with E-state index in [2.05, 4.69) is 47.0 Å². The first-order valence-corrected chi connectivity index (χ1v) is 13.8. The second kappa shape index (κ2) is 8.81.